The fraction of sp³-hybridized carbons (Fsp3) is 0.650. The zero-order chi connectivity index (χ0) is 17.6. The summed E-state index contributed by atoms with van der Waals surface area (Å²) < 4.78 is 5.57. The Labute approximate surface area is 150 Å². The number of rotatable bonds is 6. The van der Waals surface area contributed by atoms with E-state index in [0.29, 0.717) is 6.54 Å². The van der Waals surface area contributed by atoms with Gasteiger partial charge in [-0.05, 0) is 51.3 Å². The molecular weight excluding hydrogens is 314 g/mol. The smallest absolute Gasteiger partial charge is 0.223 e. The molecule has 0 radical (unpaired) electrons. The van der Waals surface area contributed by atoms with Crippen molar-refractivity contribution in [3.05, 3.63) is 29.8 Å². The van der Waals surface area contributed by atoms with Crippen LogP contribution >= 0.6 is 0 Å². The molecule has 3 rings (SSSR count). The molecule has 5 heteroatoms. The maximum absolute atomic E-state index is 12.6. The summed E-state index contributed by atoms with van der Waals surface area (Å²) in [6.07, 6.45) is 6.31. The lowest BCUT2D eigenvalue weighted by molar-refractivity contribution is -0.126. The SMILES string of the molecule is COc1ccccc1C(CNC(=O)C1CCCC(N)C1)N1CCCC1. The van der Waals surface area contributed by atoms with Crippen molar-refractivity contribution in [3.63, 3.8) is 0 Å². The number of likely N-dealkylation sites (tertiary alicyclic amines) is 1. The Morgan fingerprint density at radius 1 is 1.28 bits per heavy atom. The maximum Gasteiger partial charge on any atom is 0.223 e. The highest BCUT2D eigenvalue weighted by Gasteiger charge is 2.29. The summed E-state index contributed by atoms with van der Waals surface area (Å²) in [6.45, 7) is 2.78. The van der Waals surface area contributed by atoms with E-state index in [1.165, 1.54) is 12.8 Å². The van der Waals surface area contributed by atoms with Gasteiger partial charge in [0, 0.05) is 24.1 Å². The molecule has 1 heterocycles. The van der Waals surface area contributed by atoms with E-state index in [1.54, 1.807) is 7.11 Å². The van der Waals surface area contributed by atoms with Crippen molar-refractivity contribution in [2.75, 3.05) is 26.7 Å². The highest BCUT2D eigenvalue weighted by molar-refractivity contribution is 5.78. The van der Waals surface area contributed by atoms with Crippen molar-refractivity contribution >= 4 is 5.91 Å². The molecule has 0 spiro atoms. The van der Waals surface area contributed by atoms with Crippen LogP contribution < -0.4 is 15.8 Å². The van der Waals surface area contributed by atoms with Crippen LogP contribution in [-0.2, 0) is 4.79 Å². The van der Waals surface area contributed by atoms with Crippen molar-refractivity contribution in [2.45, 2.75) is 50.6 Å². The zero-order valence-electron chi connectivity index (χ0n) is 15.2. The normalized spacial score (nSPS) is 25.5. The zero-order valence-corrected chi connectivity index (χ0v) is 15.2. The van der Waals surface area contributed by atoms with Gasteiger partial charge in [0.05, 0.1) is 13.2 Å². The molecule has 0 aromatic heterocycles. The van der Waals surface area contributed by atoms with Crippen molar-refractivity contribution < 1.29 is 9.53 Å². The Balaban J connectivity index is 1.69. The topological polar surface area (TPSA) is 67.6 Å². The average Bonchev–Trinajstić information content (AvgIpc) is 3.16. The van der Waals surface area contributed by atoms with Crippen molar-refractivity contribution in [3.8, 4) is 5.75 Å². The molecule has 2 aliphatic rings. The van der Waals surface area contributed by atoms with Gasteiger partial charge in [-0.25, -0.2) is 0 Å². The van der Waals surface area contributed by atoms with E-state index in [0.717, 1.165) is 50.1 Å². The van der Waals surface area contributed by atoms with Gasteiger partial charge in [-0.15, -0.1) is 0 Å². The molecule has 3 atom stereocenters. The highest BCUT2D eigenvalue weighted by Crippen LogP contribution is 2.31. The summed E-state index contributed by atoms with van der Waals surface area (Å²) in [5, 5.41) is 3.21. The number of nitrogens with two attached hydrogens (primary N) is 1. The maximum atomic E-state index is 12.6. The van der Waals surface area contributed by atoms with Gasteiger partial charge >= 0.3 is 0 Å². The Morgan fingerprint density at radius 2 is 2.04 bits per heavy atom. The molecule has 1 aliphatic heterocycles. The summed E-state index contributed by atoms with van der Waals surface area (Å²) in [5.74, 6) is 1.13. The second-order valence-corrected chi connectivity index (χ2v) is 7.37. The van der Waals surface area contributed by atoms with Crippen LogP contribution in [0.1, 0.15) is 50.1 Å². The van der Waals surface area contributed by atoms with Crippen LogP contribution in [0.15, 0.2) is 24.3 Å². The van der Waals surface area contributed by atoms with E-state index in [2.05, 4.69) is 16.3 Å². The van der Waals surface area contributed by atoms with Crippen molar-refractivity contribution in [1.82, 2.24) is 10.2 Å². The number of hydrogen-bond acceptors (Lipinski definition) is 4. The summed E-state index contributed by atoms with van der Waals surface area (Å²) in [4.78, 5) is 15.1. The molecule has 1 aromatic rings. The minimum atomic E-state index is 0.0700. The van der Waals surface area contributed by atoms with E-state index >= 15 is 0 Å². The number of ether oxygens (including phenoxy) is 1. The van der Waals surface area contributed by atoms with Gasteiger partial charge in [0.15, 0.2) is 0 Å². The van der Waals surface area contributed by atoms with Crippen LogP contribution in [0.25, 0.3) is 0 Å². The lowest BCUT2D eigenvalue weighted by Crippen LogP contribution is -2.42. The number of benzene rings is 1. The number of amides is 1. The summed E-state index contributed by atoms with van der Waals surface area (Å²) in [6, 6.07) is 8.49. The van der Waals surface area contributed by atoms with Gasteiger partial charge in [-0.3, -0.25) is 9.69 Å². The number of carbonyl (C=O) groups is 1. The minimum Gasteiger partial charge on any atom is -0.496 e. The monoisotopic (exact) mass is 345 g/mol. The van der Waals surface area contributed by atoms with Crippen LogP contribution in [0.5, 0.6) is 5.75 Å². The van der Waals surface area contributed by atoms with Gasteiger partial charge in [-0.1, -0.05) is 24.6 Å². The Bertz CT molecular complexity index is 572. The molecule has 138 valence electrons. The van der Waals surface area contributed by atoms with E-state index in [-0.39, 0.29) is 23.9 Å². The Hall–Kier alpha value is -1.59. The largest absolute Gasteiger partial charge is 0.496 e. The minimum absolute atomic E-state index is 0.0700. The van der Waals surface area contributed by atoms with Gasteiger partial charge in [0.1, 0.15) is 5.75 Å². The molecule has 1 saturated heterocycles. The molecule has 3 unspecified atom stereocenters. The second kappa shape index (κ2) is 8.68. The number of nitrogens with one attached hydrogen (secondary N) is 1. The third kappa shape index (κ3) is 4.53. The lowest BCUT2D eigenvalue weighted by atomic mass is 9.85. The molecule has 1 aliphatic carbocycles. The fourth-order valence-electron chi connectivity index (χ4n) is 4.24. The van der Waals surface area contributed by atoms with Crippen LogP contribution in [0.4, 0.5) is 0 Å². The van der Waals surface area contributed by atoms with Gasteiger partial charge < -0.3 is 15.8 Å². The molecule has 0 bridgehead atoms. The van der Waals surface area contributed by atoms with Crippen LogP contribution in [-0.4, -0.2) is 43.6 Å². The third-order valence-electron chi connectivity index (χ3n) is 5.63. The third-order valence-corrected chi connectivity index (χ3v) is 5.63. The molecular formula is C20H31N3O2. The summed E-state index contributed by atoms with van der Waals surface area (Å²) in [5.41, 5.74) is 7.20. The van der Waals surface area contributed by atoms with Gasteiger partial charge in [0.2, 0.25) is 5.91 Å². The first-order chi connectivity index (χ1) is 12.2. The first kappa shape index (κ1) is 18.2. The predicted molar refractivity (Wildman–Crippen MR) is 99.5 cm³/mol. The second-order valence-electron chi connectivity index (χ2n) is 7.37. The van der Waals surface area contributed by atoms with Crippen molar-refractivity contribution in [1.29, 1.82) is 0 Å². The Morgan fingerprint density at radius 3 is 2.76 bits per heavy atom. The number of carbonyl (C=O) groups excluding carboxylic acids is 1. The first-order valence-corrected chi connectivity index (χ1v) is 9.59. The average molecular weight is 345 g/mol. The molecule has 3 N–H and O–H groups in total. The Kier molecular flexibility index (Phi) is 6.32. The molecule has 1 saturated carbocycles. The van der Waals surface area contributed by atoms with Crippen LogP contribution in [0.2, 0.25) is 0 Å². The van der Waals surface area contributed by atoms with Crippen molar-refractivity contribution in [2.24, 2.45) is 11.7 Å². The molecule has 1 amide bonds. The molecule has 25 heavy (non-hydrogen) atoms. The molecule has 1 aromatic carbocycles. The number of hydrogen-bond donors (Lipinski definition) is 2. The van der Waals surface area contributed by atoms with Crippen LogP contribution in [0.3, 0.4) is 0 Å². The predicted octanol–water partition coefficient (Wildman–Crippen LogP) is 2.47. The van der Waals surface area contributed by atoms with E-state index in [9.17, 15) is 4.79 Å². The lowest BCUT2D eigenvalue weighted by Gasteiger charge is -2.31. The number of methoxy groups -OCH3 is 1. The van der Waals surface area contributed by atoms with E-state index in [4.69, 9.17) is 10.5 Å². The quantitative estimate of drug-likeness (QED) is 0.831. The van der Waals surface area contributed by atoms with Gasteiger partial charge in [0.25, 0.3) is 0 Å². The summed E-state index contributed by atoms with van der Waals surface area (Å²) in [7, 11) is 1.71. The number of nitrogens with zero attached hydrogens (tertiary/aromatic N) is 1. The van der Waals surface area contributed by atoms with E-state index in [1.807, 2.05) is 18.2 Å². The fourth-order valence-corrected chi connectivity index (χ4v) is 4.24. The van der Waals surface area contributed by atoms with E-state index < -0.39 is 0 Å². The highest BCUT2D eigenvalue weighted by atomic mass is 16.5. The molecule has 2 fully saturated rings. The summed E-state index contributed by atoms with van der Waals surface area (Å²) >= 11 is 0. The number of para-hydroxylation sites is 1. The standard InChI is InChI=1S/C20H31N3O2/c1-25-19-10-3-2-9-17(19)18(23-11-4-5-12-23)14-22-20(24)15-7-6-8-16(21)13-15/h2-3,9-10,15-16,18H,4-8,11-14,21H2,1H3,(H,22,24). The first-order valence-electron chi connectivity index (χ1n) is 9.59. The van der Waals surface area contributed by atoms with Crippen LogP contribution in [0, 0.1) is 5.92 Å². The molecule has 5 nitrogen and oxygen atoms in total. The van der Waals surface area contributed by atoms with Gasteiger partial charge in [-0.2, -0.15) is 0 Å².